The number of hydrogen-bond acceptors (Lipinski definition) is 4. The van der Waals surface area contributed by atoms with Crippen molar-refractivity contribution in [2.24, 2.45) is 0 Å². The van der Waals surface area contributed by atoms with Crippen molar-refractivity contribution in [2.45, 2.75) is 6.18 Å². The van der Waals surface area contributed by atoms with Gasteiger partial charge < -0.3 is 15.7 Å². The largest absolute Gasteiger partial charge is 0.405 e. The zero-order valence-electron chi connectivity index (χ0n) is 9.41. The molecule has 98 valence electrons. The molecule has 4 nitrogen and oxygen atoms in total. The summed E-state index contributed by atoms with van der Waals surface area (Å²) in [6.45, 7) is -1.88. The van der Waals surface area contributed by atoms with Gasteiger partial charge in [0.2, 0.25) is 0 Å². The molecule has 1 aromatic rings. The van der Waals surface area contributed by atoms with Gasteiger partial charge >= 0.3 is 6.18 Å². The number of halogens is 3. The van der Waals surface area contributed by atoms with Crippen LogP contribution in [0, 0.1) is 11.3 Å². The lowest BCUT2D eigenvalue weighted by molar-refractivity contribution is -0.119. The summed E-state index contributed by atoms with van der Waals surface area (Å²) in [6.07, 6.45) is -4.41. The molecule has 0 unspecified atom stereocenters. The Kier molecular flexibility index (Phi) is 4.39. The van der Waals surface area contributed by atoms with Crippen LogP contribution in [0.4, 0.5) is 24.5 Å². The minimum Gasteiger partial charge on any atom is -0.397 e. The fourth-order valence-corrected chi connectivity index (χ4v) is 1.51. The fourth-order valence-electron chi connectivity index (χ4n) is 1.51. The number of alkyl halides is 3. The third-order valence-electron chi connectivity index (χ3n) is 2.24. The maximum absolute atomic E-state index is 12.4. The van der Waals surface area contributed by atoms with Crippen LogP contribution in [0.1, 0.15) is 5.56 Å². The highest BCUT2D eigenvalue weighted by Gasteiger charge is 2.31. The van der Waals surface area contributed by atoms with Gasteiger partial charge in [-0.1, -0.05) is 0 Å². The van der Waals surface area contributed by atoms with Crippen molar-refractivity contribution in [2.75, 3.05) is 30.3 Å². The Hall–Kier alpha value is -1.94. The highest BCUT2D eigenvalue weighted by Crippen LogP contribution is 2.27. The van der Waals surface area contributed by atoms with E-state index in [1.165, 1.54) is 18.2 Å². The Morgan fingerprint density at radius 2 is 2.06 bits per heavy atom. The molecule has 7 heteroatoms. The third kappa shape index (κ3) is 3.82. The van der Waals surface area contributed by atoms with Crippen LogP contribution in [-0.2, 0) is 0 Å². The fraction of sp³-hybridized carbons (Fsp3) is 0.364. The first-order valence-corrected chi connectivity index (χ1v) is 5.09. The molecule has 0 amide bonds. The molecule has 0 heterocycles. The summed E-state index contributed by atoms with van der Waals surface area (Å²) in [5.74, 6) is 0. The maximum Gasteiger partial charge on any atom is 0.405 e. The summed E-state index contributed by atoms with van der Waals surface area (Å²) < 4.78 is 37.2. The highest BCUT2D eigenvalue weighted by atomic mass is 19.4. The number of hydrogen-bond donors (Lipinski definition) is 2. The number of nitriles is 1. The van der Waals surface area contributed by atoms with Crippen LogP contribution in [0.25, 0.3) is 0 Å². The minimum absolute atomic E-state index is 0.0976. The van der Waals surface area contributed by atoms with E-state index in [2.05, 4.69) is 0 Å². The van der Waals surface area contributed by atoms with Crippen LogP contribution in [0.5, 0.6) is 0 Å². The molecule has 0 fully saturated rings. The van der Waals surface area contributed by atoms with E-state index in [4.69, 9.17) is 16.1 Å². The number of anilines is 2. The SMILES string of the molecule is N#Cc1ccc(N)c(N(CCO)CC(F)(F)F)c1. The molecule has 18 heavy (non-hydrogen) atoms. The summed E-state index contributed by atoms with van der Waals surface area (Å²) in [5, 5.41) is 17.5. The average molecular weight is 259 g/mol. The third-order valence-corrected chi connectivity index (χ3v) is 2.24. The van der Waals surface area contributed by atoms with Gasteiger partial charge in [-0.05, 0) is 18.2 Å². The van der Waals surface area contributed by atoms with E-state index < -0.39 is 19.3 Å². The molecule has 0 radical (unpaired) electrons. The van der Waals surface area contributed by atoms with E-state index in [1.807, 2.05) is 6.07 Å². The second-order valence-electron chi connectivity index (χ2n) is 3.65. The molecular formula is C11H12F3N3O. The predicted octanol–water partition coefficient (Wildman–Crippen LogP) is 1.50. The summed E-state index contributed by atoms with van der Waals surface area (Å²) >= 11 is 0. The minimum atomic E-state index is -4.41. The van der Waals surface area contributed by atoms with Gasteiger partial charge in [0.05, 0.1) is 29.6 Å². The molecule has 1 rings (SSSR count). The number of nitrogens with two attached hydrogens (primary N) is 1. The first kappa shape index (κ1) is 14.1. The van der Waals surface area contributed by atoms with E-state index in [-0.39, 0.29) is 23.5 Å². The van der Waals surface area contributed by atoms with Crippen LogP contribution in [0.2, 0.25) is 0 Å². The molecule has 0 aliphatic rings. The molecule has 3 N–H and O–H groups in total. The van der Waals surface area contributed by atoms with Gasteiger partial charge in [-0.2, -0.15) is 18.4 Å². The van der Waals surface area contributed by atoms with E-state index in [0.717, 1.165) is 4.90 Å². The first-order valence-electron chi connectivity index (χ1n) is 5.09. The first-order chi connectivity index (χ1) is 8.37. The van der Waals surface area contributed by atoms with Gasteiger partial charge in [-0.25, -0.2) is 0 Å². The number of nitrogen functional groups attached to an aromatic ring is 1. The molecule has 0 saturated carbocycles. The lowest BCUT2D eigenvalue weighted by atomic mass is 10.1. The lowest BCUT2D eigenvalue weighted by Gasteiger charge is -2.26. The zero-order chi connectivity index (χ0) is 13.8. The lowest BCUT2D eigenvalue weighted by Crippen LogP contribution is -2.36. The van der Waals surface area contributed by atoms with E-state index in [0.29, 0.717) is 0 Å². The summed E-state index contributed by atoms with van der Waals surface area (Å²) in [4.78, 5) is 0.899. The zero-order valence-corrected chi connectivity index (χ0v) is 9.41. The molecule has 1 aromatic carbocycles. The number of aliphatic hydroxyl groups is 1. The molecule has 0 aliphatic heterocycles. The Morgan fingerprint density at radius 1 is 1.39 bits per heavy atom. The second-order valence-corrected chi connectivity index (χ2v) is 3.65. The van der Waals surface area contributed by atoms with Gasteiger partial charge in [-0.3, -0.25) is 0 Å². The van der Waals surface area contributed by atoms with Crippen molar-refractivity contribution in [3.63, 3.8) is 0 Å². The summed E-state index contributed by atoms with van der Waals surface area (Å²) in [6, 6.07) is 5.89. The van der Waals surface area contributed by atoms with E-state index in [1.54, 1.807) is 0 Å². The van der Waals surface area contributed by atoms with Crippen LogP contribution >= 0.6 is 0 Å². The Labute approximate surface area is 102 Å². The van der Waals surface area contributed by atoms with Crippen molar-refractivity contribution < 1.29 is 18.3 Å². The van der Waals surface area contributed by atoms with E-state index in [9.17, 15) is 13.2 Å². The molecule has 0 spiro atoms. The second kappa shape index (κ2) is 5.60. The van der Waals surface area contributed by atoms with Crippen molar-refractivity contribution >= 4 is 11.4 Å². The van der Waals surface area contributed by atoms with Crippen LogP contribution in [0.3, 0.4) is 0 Å². The number of benzene rings is 1. The van der Waals surface area contributed by atoms with Gasteiger partial charge in [0.25, 0.3) is 0 Å². The van der Waals surface area contributed by atoms with Gasteiger partial charge in [0, 0.05) is 6.54 Å². The number of rotatable bonds is 4. The highest BCUT2D eigenvalue weighted by molar-refractivity contribution is 5.69. The molecule has 0 saturated heterocycles. The molecule has 0 atom stereocenters. The predicted molar refractivity (Wildman–Crippen MR) is 60.9 cm³/mol. The van der Waals surface area contributed by atoms with Crippen molar-refractivity contribution in [1.29, 1.82) is 5.26 Å². The maximum atomic E-state index is 12.4. The van der Waals surface area contributed by atoms with Crippen molar-refractivity contribution in [3.05, 3.63) is 23.8 Å². The number of nitrogens with zero attached hydrogens (tertiary/aromatic N) is 2. The molecule has 0 aromatic heterocycles. The summed E-state index contributed by atoms with van der Waals surface area (Å²) in [7, 11) is 0. The quantitative estimate of drug-likeness (QED) is 0.804. The summed E-state index contributed by atoms with van der Waals surface area (Å²) in [5.41, 5.74) is 6.04. The Balaban J connectivity index is 3.09. The number of aliphatic hydroxyl groups excluding tert-OH is 1. The normalized spacial score (nSPS) is 11.1. The van der Waals surface area contributed by atoms with Crippen molar-refractivity contribution in [3.8, 4) is 6.07 Å². The van der Waals surface area contributed by atoms with Crippen LogP contribution in [0.15, 0.2) is 18.2 Å². The monoisotopic (exact) mass is 259 g/mol. The smallest absolute Gasteiger partial charge is 0.397 e. The van der Waals surface area contributed by atoms with Gasteiger partial charge in [0.1, 0.15) is 6.54 Å². The van der Waals surface area contributed by atoms with Crippen molar-refractivity contribution in [1.82, 2.24) is 0 Å². The van der Waals surface area contributed by atoms with Crippen LogP contribution in [-0.4, -0.2) is 31.0 Å². The average Bonchev–Trinajstić information content (AvgIpc) is 2.27. The van der Waals surface area contributed by atoms with Gasteiger partial charge in [-0.15, -0.1) is 0 Å². The molecular weight excluding hydrogens is 247 g/mol. The van der Waals surface area contributed by atoms with Crippen LogP contribution < -0.4 is 10.6 Å². The van der Waals surface area contributed by atoms with Gasteiger partial charge in [0.15, 0.2) is 0 Å². The molecule has 0 bridgehead atoms. The Bertz CT molecular complexity index is 454. The topological polar surface area (TPSA) is 73.3 Å². The Morgan fingerprint density at radius 3 is 2.56 bits per heavy atom. The standard InChI is InChI=1S/C11H12F3N3O/c12-11(13,14)7-17(3-4-18)10-5-8(6-15)1-2-9(10)16/h1-2,5,18H,3-4,7,16H2. The molecule has 0 aliphatic carbocycles. The van der Waals surface area contributed by atoms with E-state index >= 15 is 0 Å².